The second-order valence-corrected chi connectivity index (χ2v) is 5.24. The maximum Gasteiger partial charge on any atom is 0.00721 e. The second kappa shape index (κ2) is 4.00. The highest BCUT2D eigenvalue weighted by Gasteiger charge is 2.35. The Hall–Kier alpha value is -0.0400. The molecule has 0 spiro atoms. The summed E-state index contributed by atoms with van der Waals surface area (Å²) in [5, 5.41) is 0. The average Bonchev–Trinajstić information content (AvgIpc) is 2.04. The third-order valence-corrected chi connectivity index (χ3v) is 4.16. The van der Waals surface area contributed by atoms with Crippen LogP contribution in [0.2, 0.25) is 0 Å². The van der Waals surface area contributed by atoms with Gasteiger partial charge in [-0.25, -0.2) is 0 Å². The third-order valence-electron chi connectivity index (χ3n) is 4.16. The molecule has 1 saturated heterocycles. The Labute approximate surface area is 83.5 Å². The van der Waals surface area contributed by atoms with Gasteiger partial charge in [-0.05, 0) is 44.2 Å². The van der Waals surface area contributed by atoms with E-state index in [1.807, 2.05) is 0 Å². The van der Waals surface area contributed by atoms with Crippen LogP contribution in [-0.4, -0.2) is 24.0 Å². The van der Waals surface area contributed by atoms with Gasteiger partial charge >= 0.3 is 0 Å². The van der Waals surface area contributed by atoms with E-state index < -0.39 is 0 Å². The second-order valence-electron chi connectivity index (χ2n) is 5.24. The summed E-state index contributed by atoms with van der Waals surface area (Å²) in [5.74, 6) is 0.828. The van der Waals surface area contributed by atoms with E-state index in [4.69, 9.17) is 0 Å². The molecule has 78 valence electrons. The van der Waals surface area contributed by atoms with Crippen LogP contribution in [-0.2, 0) is 0 Å². The minimum Gasteiger partial charge on any atom is -0.301 e. The maximum absolute atomic E-state index is 2.60. The van der Waals surface area contributed by atoms with Gasteiger partial charge in [0.25, 0.3) is 0 Å². The Morgan fingerprint density at radius 2 is 2.08 bits per heavy atom. The van der Waals surface area contributed by atoms with Gasteiger partial charge in [-0.15, -0.1) is 0 Å². The van der Waals surface area contributed by atoms with E-state index in [0.717, 1.165) is 12.0 Å². The summed E-state index contributed by atoms with van der Waals surface area (Å²) in [6.07, 6.45) is 2.75. The van der Waals surface area contributed by atoms with Crippen LogP contribution in [0.4, 0.5) is 0 Å². The van der Waals surface area contributed by atoms with E-state index in [-0.39, 0.29) is 0 Å². The normalized spacial score (nSPS) is 36.9. The van der Waals surface area contributed by atoms with Crippen molar-refractivity contribution in [2.24, 2.45) is 11.3 Å². The number of likely N-dealkylation sites (tertiary alicyclic amines) is 1. The third kappa shape index (κ3) is 2.25. The Balaban J connectivity index is 2.59. The highest BCUT2D eigenvalue weighted by molar-refractivity contribution is 4.88. The lowest BCUT2D eigenvalue weighted by molar-refractivity contribution is 0.0412. The summed E-state index contributed by atoms with van der Waals surface area (Å²) in [5.41, 5.74) is 0.588. The quantitative estimate of drug-likeness (QED) is 0.635. The van der Waals surface area contributed by atoms with Crippen molar-refractivity contribution in [3.05, 3.63) is 0 Å². The van der Waals surface area contributed by atoms with Gasteiger partial charge in [0, 0.05) is 6.04 Å². The van der Waals surface area contributed by atoms with Crippen molar-refractivity contribution in [3.8, 4) is 0 Å². The van der Waals surface area contributed by atoms with E-state index in [9.17, 15) is 0 Å². The van der Waals surface area contributed by atoms with Gasteiger partial charge in [-0.1, -0.05) is 27.7 Å². The van der Waals surface area contributed by atoms with Crippen molar-refractivity contribution >= 4 is 0 Å². The van der Waals surface area contributed by atoms with Crippen molar-refractivity contribution in [3.63, 3.8) is 0 Å². The molecule has 0 aliphatic carbocycles. The molecule has 0 aromatic carbocycles. The number of rotatable bonds is 2. The summed E-state index contributed by atoms with van der Waals surface area (Å²) in [6, 6.07) is 0.783. The van der Waals surface area contributed by atoms with E-state index in [2.05, 4.69) is 39.5 Å². The molecule has 0 N–H and O–H groups in total. The molecule has 0 radical (unpaired) electrons. The lowest BCUT2D eigenvalue weighted by atomic mass is 9.70. The molecule has 1 heterocycles. The zero-order valence-corrected chi connectivity index (χ0v) is 9.93. The molecule has 1 aliphatic heterocycles. The SMILES string of the molecule is CCN1CCC(C)(C(C)C)CC1C. The lowest BCUT2D eigenvalue weighted by Crippen LogP contribution is -2.46. The van der Waals surface area contributed by atoms with Crippen LogP contribution in [0.3, 0.4) is 0 Å². The Kier molecular flexibility index (Phi) is 3.39. The Bertz CT molecular complexity index is 165. The van der Waals surface area contributed by atoms with Crippen LogP contribution >= 0.6 is 0 Å². The first kappa shape index (κ1) is 11.0. The zero-order valence-electron chi connectivity index (χ0n) is 9.93. The van der Waals surface area contributed by atoms with E-state index >= 15 is 0 Å². The van der Waals surface area contributed by atoms with Crippen LogP contribution in [0.5, 0.6) is 0 Å². The van der Waals surface area contributed by atoms with Gasteiger partial charge < -0.3 is 4.90 Å². The molecule has 2 unspecified atom stereocenters. The molecule has 1 fully saturated rings. The van der Waals surface area contributed by atoms with Gasteiger partial charge in [-0.2, -0.15) is 0 Å². The Morgan fingerprint density at radius 3 is 2.46 bits per heavy atom. The maximum atomic E-state index is 2.60. The molecule has 0 aromatic heterocycles. The molecular weight excluding hydrogens is 158 g/mol. The van der Waals surface area contributed by atoms with E-state index in [1.165, 1.54) is 25.9 Å². The standard InChI is InChI=1S/C12H25N/c1-6-13-8-7-12(5,10(2)3)9-11(13)4/h10-11H,6-9H2,1-5H3. The lowest BCUT2D eigenvalue weighted by Gasteiger charge is -2.46. The predicted octanol–water partition coefficient (Wildman–Crippen LogP) is 3.15. The van der Waals surface area contributed by atoms with Crippen molar-refractivity contribution in [2.45, 2.75) is 53.5 Å². The van der Waals surface area contributed by atoms with Gasteiger partial charge in [0.05, 0.1) is 0 Å². The molecule has 1 nitrogen and oxygen atoms in total. The monoisotopic (exact) mass is 183 g/mol. The smallest absolute Gasteiger partial charge is 0.00721 e. The molecule has 1 rings (SSSR count). The molecule has 0 bridgehead atoms. The first-order valence-electron chi connectivity index (χ1n) is 5.73. The zero-order chi connectivity index (χ0) is 10.1. The fraction of sp³-hybridized carbons (Fsp3) is 1.00. The van der Waals surface area contributed by atoms with Gasteiger partial charge in [0.2, 0.25) is 0 Å². The van der Waals surface area contributed by atoms with Crippen molar-refractivity contribution in [2.75, 3.05) is 13.1 Å². The van der Waals surface area contributed by atoms with Gasteiger partial charge in [-0.3, -0.25) is 0 Å². The van der Waals surface area contributed by atoms with Crippen molar-refractivity contribution in [1.29, 1.82) is 0 Å². The minimum atomic E-state index is 0.588. The van der Waals surface area contributed by atoms with Crippen LogP contribution in [0.15, 0.2) is 0 Å². The molecule has 0 saturated carbocycles. The highest BCUT2D eigenvalue weighted by atomic mass is 15.2. The van der Waals surface area contributed by atoms with Crippen LogP contribution in [0.1, 0.15) is 47.5 Å². The molecule has 0 amide bonds. The molecular formula is C12H25N. The first-order chi connectivity index (χ1) is 5.99. The highest BCUT2D eigenvalue weighted by Crippen LogP contribution is 2.40. The molecule has 2 atom stereocenters. The summed E-state index contributed by atoms with van der Waals surface area (Å²) in [7, 11) is 0. The van der Waals surface area contributed by atoms with Crippen molar-refractivity contribution < 1.29 is 0 Å². The summed E-state index contributed by atoms with van der Waals surface area (Å²) in [4.78, 5) is 2.60. The van der Waals surface area contributed by atoms with Gasteiger partial charge in [0.1, 0.15) is 0 Å². The minimum absolute atomic E-state index is 0.588. The largest absolute Gasteiger partial charge is 0.301 e. The number of hydrogen-bond acceptors (Lipinski definition) is 1. The van der Waals surface area contributed by atoms with E-state index in [1.54, 1.807) is 0 Å². The molecule has 1 aliphatic rings. The van der Waals surface area contributed by atoms with Crippen LogP contribution < -0.4 is 0 Å². The summed E-state index contributed by atoms with van der Waals surface area (Å²) >= 11 is 0. The summed E-state index contributed by atoms with van der Waals surface area (Å²) in [6.45, 7) is 14.4. The number of hydrogen-bond donors (Lipinski definition) is 0. The Morgan fingerprint density at radius 1 is 1.46 bits per heavy atom. The predicted molar refractivity (Wildman–Crippen MR) is 58.9 cm³/mol. The number of piperidine rings is 1. The number of nitrogens with zero attached hydrogens (tertiary/aromatic N) is 1. The molecule has 0 aromatic rings. The van der Waals surface area contributed by atoms with Crippen LogP contribution in [0.25, 0.3) is 0 Å². The topological polar surface area (TPSA) is 3.24 Å². The molecule has 1 heteroatoms. The fourth-order valence-corrected chi connectivity index (χ4v) is 2.52. The van der Waals surface area contributed by atoms with Gasteiger partial charge in [0.15, 0.2) is 0 Å². The van der Waals surface area contributed by atoms with E-state index in [0.29, 0.717) is 5.41 Å². The fourth-order valence-electron chi connectivity index (χ4n) is 2.52. The van der Waals surface area contributed by atoms with Crippen LogP contribution in [0, 0.1) is 11.3 Å². The average molecular weight is 183 g/mol. The molecule has 13 heavy (non-hydrogen) atoms. The summed E-state index contributed by atoms with van der Waals surface area (Å²) < 4.78 is 0. The van der Waals surface area contributed by atoms with Crippen molar-refractivity contribution in [1.82, 2.24) is 4.90 Å². The first-order valence-corrected chi connectivity index (χ1v) is 5.73.